The van der Waals surface area contributed by atoms with Crippen LogP contribution < -0.4 is 0 Å². The topological polar surface area (TPSA) is 95.8 Å². The lowest BCUT2D eigenvalue weighted by molar-refractivity contribution is -0.0985. The molecular formula is C8H11N7O. The van der Waals surface area contributed by atoms with Gasteiger partial charge in [0.05, 0.1) is 24.5 Å². The maximum Gasteiger partial charge on any atom is 0.240 e. The summed E-state index contributed by atoms with van der Waals surface area (Å²) in [6.07, 6.45) is 0. The predicted molar refractivity (Wildman–Crippen MR) is 52.1 cm³/mol. The maximum atomic E-state index is 9.41. The number of rotatable bonds is 2. The third kappa shape index (κ3) is 1.24. The van der Waals surface area contributed by atoms with Gasteiger partial charge in [0.25, 0.3) is 0 Å². The molecule has 3 heterocycles. The molecule has 0 unspecified atom stereocenters. The molecule has 2 N–H and O–H groups in total. The number of hydroxylamine groups is 2. The summed E-state index contributed by atoms with van der Waals surface area (Å²) in [5.74, 6) is 1.19. The van der Waals surface area contributed by atoms with Crippen LogP contribution in [0.3, 0.4) is 0 Å². The molecule has 0 aliphatic carbocycles. The smallest absolute Gasteiger partial charge is 0.240 e. The van der Waals surface area contributed by atoms with Crippen LogP contribution >= 0.6 is 0 Å². The third-order valence-corrected chi connectivity index (χ3v) is 2.68. The number of aromatic nitrogens is 6. The molecule has 0 aromatic carbocycles. The lowest BCUT2D eigenvalue weighted by atomic mass is 10.4. The Labute approximate surface area is 90.9 Å². The number of nitrogens with one attached hydrogen (secondary N) is 1. The van der Waals surface area contributed by atoms with Gasteiger partial charge < -0.3 is 9.77 Å². The van der Waals surface area contributed by atoms with Crippen molar-refractivity contribution in [3.05, 3.63) is 11.4 Å². The summed E-state index contributed by atoms with van der Waals surface area (Å²) >= 11 is 0. The van der Waals surface area contributed by atoms with Crippen LogP contribution in [-0.4, -0.2) is 40.4 Å². The molecular weight excluding hydrogens is 210 g/mol. The SMILES string of the molecule is CCn1c(-c2nn[nH]n2)nc2c1CN(O)C2. The predicted octanol–water partition coefficient (Wildman–Crippen LogP) is -0.212. The van der Waals surface area contributed by atoms with Crippen LogP contribution in [0.2, 0.25) is 0 Å². The Kier molecular flexibility index (Phi) is 1.98. The summed E-state index contributed by atoms with van der Waals surface area (Å²) < 4.78 is 2.00. The molecule has 8 heteroatoms. The molecule has 0 fully saturated rings. The van der Waals surface area contributed by atoms with Gasteiger partial charge in [0, 0.05) is 6.54 Å². The van der Waals surface area contributed by atoms with Gasteiger partial charge in [0.1, 0.15) is 0 Å². The van der Waals surface area contributed by atoms with E-state index in [1.165, 1.54) is 5.06 Å². The summed E-state index contributed by atoms with van der Waals surface area (Å²) in [6, 6.07) is 0. The van der Waals surface area contributed by atoms with E-state index in [0.29, 0.717) is 24.7 Å². The highest BCUT2D eigenvalue weighted by Gasteiger charge is 2.27. The van der Waals surface area contributed by atoms with Crippen LogP contribution in [0, 0.1) is 0 Å². The van der Waals surface area contributed by atoms with Gasteiger partial charge in [-0.1, -0.05) is 0 Å². The average Bonchev–Trinajstić information content (AvgIpc) is 2.90. The Morgan fingerprint density at radius 3 is 3.00 bits per heavy atom. The summed E-state index contributed by atoms with van der Waals surface area (Å²) in [5.41, 5.74) is 1.90. The summed E-state index contributed by atoms with van der Waals surface area (Å²) in [6.45, 7) is 3.73. The zero-order chi connectivity index (χ0) is 11.1. The number of aromatic amines is 1. The van der Waals surface area contributed by atoms with Crippen molar-refractivity contribution < 1.29 is 5.21 Å². The van der Waals surface area contributed by atoms with E-state index < -0.39 is 0 Å². The minimum atomic E-state index is 0.452. The summed E-state index contributed by atoms with van der Waals surface area (Å²) in [4.78, 5) is 4.43. The largest absolute Gasteiger partial charge is 0.324 e. The first-order valence-corrected chi connectivity index (χ1v) is 5.05. The van der Waals surface area contributed by atoms with E-state index in [1.807, 2.05) is 11.5 Å². The second-order valence-corrected chi connectivity index (χ2v) is 3.63. The molecule has 0 atom stereocenters. The van der Waals surface area contributed by atoms with Crippen LogP contribution in [0.15, 0.2) is 0 Å². The Bertz CT molecular complexity index is 503. The summed E-state index contributed by atoms with van der Waals surface area (Å²) in [7, 11) is 0. The Hall–Kier alpha value is -1.80. The van der Waals surface area contributed by atoms with E-state index in [9.17, 15) is 5.21 Å². The van der Waals surface area contributed by atoms with Crippen LogP contribution in [0.1, 0.15) is 18.3 Å². The number of imidazole rings is 1. The van der Waals surface area contributed by atoms with Gasteiger partial charge in [0.2, 0.25) is 5.82 Å². The van der Waals surface area contributed by atoms with Crippen LogP contribution in [0.4, 0.5) is 0 Å². The van der Waals surface area contributed by atoms with Crippen molar-refractivity contribution in [2.45, 2.75) is 26.6 Å². The first kappa shape index (κ1) is 9.43. The van der Waals surface area contributed by atoms with Crippen molar-refractivity contribution in [3.8, 4) is 11.6 Å². The highest BCUT2D eigenvalue weighted by Crippen LogP contribution is 2.25. The molecule has 1 aliphatic rings. The molecule has 0 saturated heterocycles. The van der Waals surface area contributed by atoms with Crippen LogP contribution in [-0.2, 0) is 19.6 Å². The third-order valence-electron chi connectivity index (χ3n) is 2.68. The number of H-pyrrole nitrogens is 1. The molecule has 0 spiro atoms. The van der Waals surface area contributed by atoms with E-state index in [-0.39, 0.29) is 0 Å². The highest BCUT2D eigenvalue weighted by molar-refractivity contribution is 5.46. The zero-order valence-electron chi connectivity index (χ0n) is 8.75. The van der Waals surface area contributed by atoms with Gasteiger partial charge in [-0.15, -0.1) is 10.2 Å². The molecule has 3 rings (SSSR count). The van der Waals surface area contributed by atoms with Gasteiger partial charge in [0.15, 0.2) is 5.82 Å². The number of tetrazole rings is 1. The second kappa shape index (κ2) is 3.35. The summed E-state index contributed by atoms with van der Waals surface area (Å²) in [5, 5.41) is 24.4. The van der Waals surface area contributed by atoms with Gasteiger partial charge in [-0.2, -0.15) is 10.3 Å². The standard InChI is InChI=1S/C8H11N7O/c1-2-15-6-4-14(16)3-5(6)9-8(15)7-10-12-13-11-7/h16H,2-4H2,1H3,(H,10,11,12,13). The number of fused-ring (bicyclic) bond motifs is 1. The van der Waals surface area contributed by atoms with Crippen molar-refractivity contribution in [1.29, 1.82) is 0 Å². The molecule has 0 saturated carbocycles. The minimum absolute atomic E-state index is 0.452. The first-order valence-electron chi connectivity index (χ1n) is 5.05. The van der Waals surface area contributed by atoms with E-state index in [2.05, 4.69) is 25.6 Å². The molecule has 2 aromatic heterocycles. The molecule has 8 nitrogen and oxygen atoms in total. The van der Waals surface area contributed by atoms with Crippen molar-refractivity contribution in [2.75, 3.05) is 0 Å². The average molecular weight is 221 g/mol. The molecule has 16 heavy (non-hydrogen) atoms. The van der Waals surface area contributed by atoms with Gasteiger partial charge in [-0.3, -0.25) is 0 Å². The minimum Gasteiger partial charge on any atom is -0.324 e. The van der Waals surface area contributed by atoms with Gasteiger partial charge in [-0.05, 0) is 12.1 Å². The fourth-order valence-electron chi connectivity index (χ4n) is 2.01. The van der Waals surface area contributed by atoms with Crippen molar-refractivity contribution >= 4 is 0 Å². The Morgan fingerprint density at radius 1 is 1.44 bits per heavy atom. The quantitative estimate of drug-likeness (QED) is 0.728. The maximum absolute atomic E-state index is 9.41. The Balaban J connectivity index is 2.12. The van der Waals surface area contributed by atoms with Crippen molar-refractivity contribution in [3.63, 3.8) is 0 Å². The van der Waals surface area contributed by atoms with Gasteiger partial charge >= 0.3 is 0 Å². The van der Waals surface area contributed by atoms with E-state index in [0.717, 1.165) is 17.9 Å². The fourth-order valence-corrected chi connectivity index (χ4v) is 2.01. The second-order valence-electron chi connectivity index (χ2n) is 3.63. The number of hydrogen-bond donors (Lipinski definition) is 2. The molecule has 0 amide bonds. The fraction of sp³-hybridized carbons (Fsp3) is 0.500. The van der Waals surface area contributed by atoms with E-state index in [1.54, 1.807) is 0 Å². The first-order chi connectivity index (χ1) is 7.79. The van der Waals surface area contributed by atoms with E-state index >= 15 is 0 Å². The van der Waals surface area contributed by atoms with Crippen molar-refractivity contribution in [1.82, 2.24) is 35.2 Å². The van der Waals surface area contributed by atoms with Crippen LogP contribution in [0.25, 0.3) is 11.6 Å². The molecule has 0 bridgehead atoms. The van der Waals surface area contributed by atoms with E-state index in [4.69, 9.17) is 0 Å². The molecule has 2 aromatic rings. The lowest BCUT2D eigenvalue weighted by Crippen LogP contribution is -2.13. The zero-order valence-corrected chi connectivity index (χ0v) is 8.75. The van der Waals surface area contributed by atoms with Crippen LogP contribution in [0.5, 0.6) is 0 Å². The van der Waals surface area contributed by atoms with Gasteiger partial charge in [-0.25, -0.2) is 4.98 Å². The normalized spacial score (nSPS) is 15.6. The lowest BCUT2D eigenvalue weighted by Gasteiger charge is -2.08. The number of hydrogen-bond acceptors (Lipinski definition) is 6. The number of nitrogens with zero attached hydrogens (tertiary/aromatic N) is 6. The highest BCUT2D eigenvalue weighted by atomic mass is 16.5. The van der Waals surface area contributed by atoms with Crippen molar-refractivity contribution in [2.24, 2.45) is 0 Å². The molecule has 0 radical (unpaired) electrons. The Morgan fingerprint density at radius 2 is 2.31 bits per heavy atom. The molecule has 1 aliphatic heterocycles. The monoisotopic (exact) mass is 221 g/mol. The molecule has 84 valence electrons.